The Labute approximate surface area is 156 Å². The zero-order valence-corrected chi connectivity index (χ0v) is 15.5. The Balaban J connectivity index is 1.57. The molecule has 2 fully saturated rings. The molecule has 2 saturated heterocycles. The number of ether oxygens (including phenoxy) is 2. The minimum atomic E-state index is 0.00298. The van der Waals surface area contributed by atoms with Crippen molar-refractivity contribution in [1.82, 2.24) is 10.2 Å². The summed E-state index contributed by atoms with van der Waals surface area (Å²) in [5, 5.41) is 3.46. The van der Waals surface area contributed by atoms with Crippen molar-refractivity contribution in [2.24, 2.45) is 0 Å². The van der Waals surface area contributed by atoms with Crippen LogP contribution >= 0.6 is 0 Å². The van der Waals surface area contributed by atoms with Crippen molar-refractivity contribution >= 4 is 0 Å². The molecule has 2 heterocycles. The topological polar surface area (TPSA) is 33.7 Å². The lowest BCUT2D eigenvalue weighted by molar-refractivity contribution is -0.150. The van der Waals surface area contributed by atoms with Crippen molar-refractivity contribution < 1.29 is 9.47 Å². The largest absolute Gasteiger partial charge is 0.497 e. The van der Waals surface area contributed by atoms with Crippen molar-refractivity contribution in [3.8, 4) is 5.75 Å². The zero-order chi connectivity index (χ0) is 17.8. The average Bonchev–Trinajstić information content (AvgIpc) is 2.70. The quantitative estimate of drug-likeness (QED) is 0.915. The van der Waals surface area contributed by atoms with E-state index >= 15 is 0 Å². The molecule has 4 rings (SSSR count). The van der Waals surface area contributed by atoms with Crippen LogP contribution in [0.1, 0.15) is 30.0 Å². The van der Waals surface area contributed by atoms with Crippen molar-refractivity contribution in [1.29, 1.82) is 0 Å². The summed E-state index contributed by atoms with van der Waals surface area (Å²) in [5.74, 6) is 0.908. The third kappa shape index (κ3) is 3.78. The van der Waals surface area contributed by atoms with Gasteiger partial charge in [-0.2, -0.15) is 0 Å². The molecule has 1 N–H and O–H groups in total. The number of nitrogens with zero attached hydrogens (tertiary/aromatic N) is 1. The van der Waals surface area contributed by atoms with Crippen LogP contribution < -0.4 is 10.1 Å². The lowest BCUT2D eigenvalue weighted by Crippen LogP contribution is -2.56. The molecule has 0 radical (unpaired) electrons. The fraction of sp³-hybridized carbons (Fsp3) is 0.455. The van der Waals surface area contributed by atoms with Gasteiger partial charge in [0.15, 0.2) is 0 Å². The molecule has 0 saturated carbocycles. The van der Waals surface area contributed by atoms with Crippen LogP contribution in [0.25, 0.3) is 0 Å². The van der Waals surface area contributed by atoms with Gasteiger partial charge in [0.1, 0.15) is 5.75 Å². The first-order valence-electron chi connectivity index (χ1n) is 9.55. The van der Waals surface area contributed by atoms with E-state index in [0.717, 1.165) is 51.4 Å². The Hall–Kier alpha value is -1.88. The van der Waals surface area contributed by atoms with Gasteiger partial charge in [0.25, 0.3) is 0 Å². The number of hydrogen-bond acceptors (Lipinski definition) is 4. The molecule has 2 aliphatic heterocycles. The molecule has 0 aromatic heterocycles. The highest BCUT2D eigenvalue weighted by Crippen LogP contribution is 2.36. The van der Waals surface area contributed by atoms with Crippen LogP contribution in [0.2, 0.25) is 0 Å². The Morgan fingerprint density at radius 3 is 2.50 bits per heavy atom. The third-order valence-electron chi connectivity index (χ3n) is 5.72. The second-order valence-corrected chi connectivity index (χ2v) is 7.42. The average molecular weight is 352 g/mol. The van der Waals surface area contributed by atoms with Crippen LogP contribution in [0.3, 0.4) is 0 Å². The number of rotatable bonds is 4. The molecule has 1 spiro atoms. The smallest absolute Gasteiger partial charge is 0.118 e. The molecule has 2 aromatic carbocycles. The summed E-state index contributed by atoms with van der Waals surface area (Å²) in [6.07, 6.45) is 2.18. The predicted molar refractivity (Wildman–Crippen MR) is 103 cm³/mol. The first kappa shape index (κ1) is 17.5. The van der Waals surface area contributed by atoms with E-state index < -0.39 is 0 Å². The lowest BCUT2D eigenvalue weighted by atomic mass is 9.88. The van der Waals surface area contributed by atoms with Gasteiger partial charge in [0.05, 0.1) is 25.4 Å². The maximum atomic E-state index is 6.48. The molecule has 0 amide bonds. The van der Waals surface area contributed by atoms with Gasteiger partial charge in [-0.15, -0.1) is 0 Å². The molecule has 0 bridgehead atoms. The molecule has 4 nitrogen and oxygen atoms in total. The Morgan fingerprint density at radius 2 is 1.81 bits per heavy atom. The van der Waals surface area contributed by atoms with Crippen LogP contribution in [-0.2, 0) is 11.3 Å². The molecule has 1 atom stereocenters. The molecule has 2 aromatic rings. The van der Waals surface area contributed by atoms with Gasteiger partial charge in [0, 0.05) is 13.1 Å². The van der Waals surface area contributed by atoms with Crippen molar-refractivity contribution in [2.45, 2.75) is 31.0 Å². The van der Waals surface area contributed by atoms with E-state index in [1.807, 2.05) is 12.1 Å². The number of hydrogen-bond donors (Lipinski definition) is 1. The zero-order valence-electron chi connectivity index (χ0n) is 15.5. The SMILES string of the molecule is COc1ccc(CN2CC3(CCNCC3)OCC2c2ccccc2)cc1. The molecule has 138 valence electrons. The molecule has 26 heavy (non-hydrogen) atoms. The summed E-state index contributed by atoms with van der Waals surface area (Å²) in [5.41, 5.74) is 2.66. The second kappa shape index (κ2) is 7.78. The van der Waals surface area contributed by atoms with Crippen LogP contribution in [0.4, 0.5) is 0 Å². The summed E-state index contributed by atoms with van der Waals surface area (Å²) in [6.45, 7) is 4.78. The van der Waals surface area contributed by atoms with E-state index in [1.165, 1.54) is 11.1 Å². The predicted octanol–water partition coefficient (Wildman–Crippen LogP) is 3.39. The standard InChI is InChI=1S/C22H28N2O2/c1-25-20-9-7-18(8-10-20)15-24-17-22(11-13-23-14-12-22)26-16-21(24)19-5-3-2-4-6-19/h2-10,21,23H,11-17H2,1H3. The van der Waals surface area contributed by atoms with Crippen molar-refractivity contribution in [2.75, 3.05) is 33.4 Å². The lowest BCUT2D eigenvalue weighted by Gasteiger charge is -2.49. The summed E-state index contributed by atoms with van der Waals surface area (Å²) in [7, 11) is 1.71. The summed E-state index contributed by atoms with van der Waals surface area (Å²) in [6, 6.07) is 19.5. The number of nitrogens with one attached hydrogen (secondary N) is 1. The van der Waals surface area contributed by atoms with Gasteiger partial charge in [-0.25, -0.2) is 0 Å². The van der Waals surface area contributed by atoms with Crippen LogP contribution in [0.15, 0.2) is 54.6 Å². The number of benzene rings is 2. The van der Waals surface area contributed by atoms with E-state index in [0.29, 0.717) is 6.04 Å². The van der Waals surface area contributed by atoms with Gasteiger partial charge in [0.2, 0.25) is 0 Å². The molecule has 4 heteroatoms. The maximum Gasteiger partial charge on any atom is 0.118 e. The molecule has 2 aliphatic rings. The van der Waals surface area contributed by atoms with Gasteiger partial charge < -0.3 is 14.8 Å². The van der Waals surface area contributed by atoms with Gasteiger partial charge in [-0.3, -0.25) is 4.90 Å². The molecular weight excluding hydrogens is 324 g/mol. The number of morpholine rings is 1. The van der Waals surface area contributed by atoms with Crippen LogP contribution in [0, 0.1) is 0 Å². The highest BCUT2D eigenvalue weighted by atomic mass is 16.5. The fourth-order valence-electron chi connectivity index (χ4n) is 4.19. The highest BCUT2D eigenvalue weighted by molar-refractivity contribution is 5.28. The monoisotopic (exact) mass is 352 g/mol. The van der Waals surface area contributed by atoms with Crippen LogP contribution in [-0.4, -0.2) is 43.9 Å². The van der Waals surface area contributed by atoms with E-state index in [1.54, 1.807) is 7.11 Å². The third-order valence-corrected chi connectivity index (χ3v) is 5.72. The normalized spacial score (nSPS) is 23.0. The highest BCUT2D eigenvalue weighted by Gasteiger charge is 2.41. The summed E-state index contributed by atoms with van der Waals surface area (Å²) >= 11 is 0. The van der Waals surface area contributed by atoms with E-state index in [9.17, 15) is 0 Å². The Morgan fingerprint density at radius 1 is 1.08 bits per heavy atom. The molecular formula is C22H28N2O2. The summed E-state index contributed by atoms with van der Waals surface area (Å²) in [4.78, 5) is 2.60. The number of piperidine rings is 1. The first-order chi connectivity index (χ1) is 12.8. The van der Waals surface area contributed by atoms with E-state index in [2.05, 4.69) is 52.7 Å². The van der Waals surface area contributed by atoms with E-state index in [-0.39, 0.29) is 5.60 Å². The van der Waals surface area contributed by atoms with E-state index in [4.69, 9.17) is 9.47 Å². The van der Waals surface area contributed by atoms with Gasteiger partial charge in [-0.05, 0) is 49.2 Å². The van der Waals surface area contributed by atoms with Gasteiger partial charge >= 0.3 is 0 Å². The summed E-state index contributed by atoms with van der Waals surface area (Å²) < 4.78 is 11.8. The Bertz CT molecular complexity index is 696. The minimum Gasteiger partial charge on any atom is -0.497 e. The number of methoxy groups -OCH3 is 1. The van der Waals surface area contributed by atoms with Gasteiger partial charge in [-0.1, -0.05) is 42.5 Å². The molecule has 0 aliphatic carbocycles. The van der Waals surface area contributed by atoms with Crippen molar-refractivity contribution in [3.63, 3.8) is 0 Å². The maximum absolute atomic E-state index is 6.48. The minimum absolute atomic E-state index is 0.00298. The fourth-order valence-corrected chi connectivity index (χ4v) is 4.19. The van der Waals surface area contributed by atoms with Crippen LogP contribution in [0.5, 0.6) is 5.75 Å². The first-order valence-corrected chi connectivity index (χ1v) is 9.55. The second-order valence-electron chi connectivity index (χ2n) is 7.42. The molecule has 1 unspecified atom stereocenters. The Kier molecular flexibility index (Phi) is 5.25. The van der Waals surface area contributed by atoms with Crippen molar-refractivity contribution in [3.05, 3.63) is 65.7 Å².